The Morgan fingerprint density at radius 2 is 1.81 bits per heavy atom. The van der Waals surface area contributed by atoms with E-state index in [9.17, 15) is 13.2 Å². The van der Waals surface area contributed by atoms with Crippen LogP contribution in [0, 0.1) is 5.92 Å². The summed E-state index contributed by atoms with van der Waals surface area (Å²) in [6.07, 6.45) is 1.84. The molecule has 5 nitrogen and oxygen atoms in total. The molecule has 0 aromatic rings. The zero-order chi connectivity index (χ0) is 16.7. The van der Waals surface area contributed by atoms with Crippen molar-refractivity contribution in [2.45, 2.75) is 66.0 Å². The molecule has 0 radical (unpaired) electrons. The summed E-state index contributed by atoms with van der Waals surface area (Å²) in [5.74, 6) is -1.02. The van der Waals surface area contributed by atoms with Gasteiger partial charge in [-0.05, 0) is 39.7 Å². The van der Waals surface area contributed by atoms with E-state index in [1.807, 2.05) is 20.8 Å². The number of carbonyl (C=O) groups is 1. The Morgan fingerprint density at radius 1 is 1.24 bits per heavy atom. The minimum Gasteiger partial charge on any atom is -0.459 e. The number of nitrogens with one attached hydrogen (secondary N) is 1. The number of rotatable bonds is 9. The fourth-order valence-corrected chi connectivity index (χ4v) is 3.45. The molecule has 0 spiro atoms. The van der Waals surface area contributed by atoms with Crippen molar-refractivity contribution in [2.75, 3.05) is 18.1 Å². The second-order valence-corrected chi connectivity index (χ2v) is 8.70. The van der Waals surface area contributed by atoms with Gasteiger partial charge >= 0.3 is 5.97 Å². The highest BCUT2D eigenvalue weighted by Gasteiger charge is 2.27. The Kier molecular flexibility index (Phi) is 8.48. The molecule has 0 bridgehead atoms. The van der Waals surface area contributed by atoms with E-state index in [0.29, 0.717) is 0 Å². The van der Waals surface area contributed by atoms with Gasteiger partial charge in [0.15, 0.2) is 9.84 Å². The summed E-state index contributed by atoms with van der Waals surface area (Å²) < 4.78 is 29.4. The third-order valence-corrected chi connectivity index (χ3v) is 4.72. The van der Waals surface area contributed by atoms with Gasteiger partial charge in [0.2, 0.25) is 0 Å². The average Bonchev–Trinajstić information content (AvgIpc) is 2.29. The molecule has 126 valence electrons. The van der Waals surface area contributed by atoms with Gasteiger partial charge in [-0.2, -0.15) is 0 Å². The van der Waals surface area contributed by atoms with Crippen molar-refractivity contribution in [3.8, 4) is 0 Å². The third kappa shape index (κ3) is 9.85. The van der Waals surface area contributed by atoms with Gasteiger partial charge in [-0.3, -0.25) is 4.79 Å². The van der Waals surface area contributed by atoms with Crippen LogP contribution in [0.25, 0.3) is 0 Å². The van der Waals surface area contributed by atoms with Crippen molar-refractivity contribution >= 4 is 15.8 Å². The molecule has 0 saturated heterocycles. The summed E-state index contributed by atoms with van der Waals surface area (Å²) in [4.78, 5) is 11.7. The first-order valence-electron chi connectivity index (χ1n) is 7.66. The molecule has 2 unspecified atom stereocenters. The van der Waals surface area contributed by atoms with Gasteiger partial charge < -0.3 is 10.1 Å². The number of hydrogen-bond acceptors (Lipinski definition) is 5. The molecule has 1 N–H and O–H groups in total. The van der Waals surface area contributed by atoms with Gasteiger partial charge in [-0.15, -0.1) is 0 Å². The molecule has 0 aliphatic heterocycles. The number of carbonyl (C=O) groups excluding carboxylic acids is 1. The quantitative estimate of drug-likeness (QED) is 0.659. The maximum atomic E-state index is 12.2. The summed E-state index contributed by atoms with van der Waals surface area (Å²) >= 11 is 0. The van der Waals surface area contributed by atoms with Crippen LogP contribution in [-0.4, -0.2) is 44.1 Å². The molecule has 0 saturated carbocycles. The SMILES string of the molecule is CCCNC(CS(=O)(=O)CC(=O)OC(C)(C)C)C(C)CC. The van der Waals surface area contributed by atoms with Gasteiger partial charge in [-0.1, -0.05) is 27.2 Å². The van der Waals surface area contributed by atoms with E-state index < -0.39 is 27.2 Å². The zero-order valence-electron chi connectivity index (χ0n) is 14.2. The summed E-state index contributed by atoms with van der Waals surface area (Å²) in [5, 5.41) is 3.27. The lowest BCUT2D eigenvalue weighted by atomic mass is 10.0. The monoisotopic (exact) mass is 321 g/mol. The van der Waals surface area contributed by atoms with Crippen LogP contribution >= 0.6 is 0 Å². The predicted octanol–water partition coefficient (Wildman–Crippen LogP) is 2.16. The summed E-state index contributed by atoms with van der Waals surface area (Å²) in [6, 6.07) is -0.123. The maximum Gasteiger partial charge on any atom is 0.321 e. The smallest absolute Gasteiger partial charge is 0.321 e. The average molecular weight is 321 g/mol. The van der Waals surface area contributed by atoms with Crippen LogP contribution in [0.3, 0.4) is 0 Å². The molecule has 21 heavy (non-hydrogen) atoms. The van der Waals surface area contributed by atoms with Crippen LogP contribution in [0.2, 0.25) is 0 Å². The molecule has 0 rings (SSSR count). The Balaban J connectivity index is 4.70. The lowest BCUT2D eigenvalue weighted by Gasteiger charge is -2.24. The van der Waals surface area contributed by atoms with Gasteiger partial charge in [0, 0.05) is 6.04 Å². The minimum absolute atomic E-state index is 0.0265. The molecular weight excluding hydrogens is 290 g/mol. The Bertz CT molecular complexity index is 412. The van der Waals surface area contributed by atoms with Crippen LogP contribution in [0.1, 0.15) is 54.4 Å². The lowest BCUT2D eigenvalue weighted by molar-refractivity contribution is -0.151. The normalized spacial score (nSPS) is 15.5. The van der Waals surface area contributed by atoms with E-state index in [0.717, 1.165) is 19.4 Å². The molecule has 0 aromatic heterocycles. The van der Waals surface area contributed by atoms with E-state index in [1.165, 1.54) is 0 Å². The van der Waals surface area contributed by atoms with Crippen molar-refractivity contribution in [2.24, 2.45) is 5.92 Å². The Morgan fingerprint density at radius 3 is 2.24 bits per heavy atom. The topological polar surface area (TPSA) is 72.5 Å². The predicted molar refractivity (Wildman–Crippen MR) is 86.0 cm³/mol. The van der Waals surface area contributed by atoms with Gasteiger partial charge in [0.1, 0.15) is 11.4 Å². The fraction of sp³-hybridized carbons (Fsp3) is 0.933. The van der Waals surface area contributed by atoms with Crippen molar-refractivity contribution in [1.82, 2.24) is 5.32 Å². The summed E-state index contributed by atoms with van der Waals surface area (Å²) in [5.41, 5.74) is -0.664. The largest absolute Gasteiger partial charge is 0.459 e. The van der Waals surface area contributed by atoms with Crippen LogP contribution in [0.4, 0.5) is 0 Å². The number of esters is 1. The fourth-order valence-electron chi connectivity index (χ4n) is 1.92. The first-order valence-corrected chi connectivity index (χ1v) is 9.48. The third-order valence-electron chi connectivity index (χ3n) is 3.18. The van der Waals surface area contributed by atoms with Crippen LogP contribution in [0.15, 0.2) is 0 Å². The van der Waals surface area contributed by atoms with E-state index in [1.54, 1.807) is 20.8 Å². The summed E-state index contributed by atoms with van der Waals surface area (Å²) in [6.45, 7) is 12.0. The van der Waals surface area contributed by atoms with Crippen molar-refractivity contribution in [3.63, 3.8) is 0 Å². The Hall–Kier alpha value is -0.620. The molecule has 0 fully saturated rings. The number of sulfone groups is 1. The first-order chi connectivity index (χ1) is 9.50. The van der Waals surface area contributed by atoms with Crippen LogP contribution in [-0.2, 0) is 19.4 Å². The molecule has 0 aromatic carbocycles. The minimum atomic E-state index is -3.47. The number of hydrogen-bond donors (Lipinski definition) is 1. The van der Waals surface area contributed by atoms with Gasteiger partial charge in [0.25, 0.3) is 0 Å². The van der Waals surface area contributed by atoms with Gasteiger partial charge in [-0.25, -0.2) is 8.42 Å². The summed E-state index contributed by atoms with van der Waals surface area (Å²) in [7, 11) is -3.47. The second-order valence-electron chi connectivity index (χ2n) is 6.59. The van der Waals surface area contributed by atoms with E-state index >= 15 is 0 Å². The van der Waals surface area contributed by atoms with Crippen molar-refractivity contribution < 1.29 is 17.9 Å². The van der Waals surface area contributed by atoms with E-state index in [2.05, 4.69) is 5.32 Å². The Labute approximate surface area is 129 Å². The van der Waals surface area contributed by atoms with Crippen LogP contribution < -0.4 is 5.32 Å². The maximum absolute atomic E-state index is 12.2. The molecular formula is C15H31NO4S. The molecule has 0 aliphatic rings. The first kappa shape index (κ1) is 20.4. The molecule has 0 heterocycles. The number of ether oxygens (including phenoxy) is 1. The second kappa shape index (κ2) is 8.73. The van der Waals surface area contributed by atoms with E-state index in [4.69, 9.17) is 4.74 Å². The highest BCUT2D eigenvalue weighted by Crippen LogP contribution is 2.12. The van der Waals surface area contributed by atoms with Crippen molar-refractivity contribution in [3.05, 3.63) is 0 Å². The molecule has 0 aliphatic carbocycles. The molecule has 0 amide bonds. The standard InChI is InChI=1S/C15H31NO4S/c1-7-9-16-13(12(3)8-2)10-21(18,19)11-14(17)20-15(4,5)6/h12-13,16H,7-11H2,1-6H3. The highest BCUT2D eigenvalue weighted by atomic mass is 32.2. The van der Waals surface area contributed by atoms with Gasteiger partial charge in [0.05, 0.1) is 5.75 Å². The van der Waals surface area contributed by atoms with E-state index in [-0.39, 0.29) is 17.7 Å². The van der Waals surface area contributed by atoms with Crippen molar-refractivity contribution in [1.29, 1.82) is 0 Å². The molecule has 2 atom stereocenters. The lowest BCUT2D eigenvalue weighted by Crippen LogP contribution is -2.42. The highest BCUT2D eigenvalue weighted by molar-refractivity contribution is 7.92. The molecule has 6 heteroatoms. The van der Waals surface area contributed by atoms with Crippen LogP contribution in [0.5, 0.6) is 0 Å². The zero-order valence-corrected chi connectivity index (χ0v) is 15.0.